The highest BCUT2D eigenvalue weighted by Crippen LogP contribution is 2.34. The van der Waals surface area contributed by atoms with E-state index in [0.717, 1.165) is 43.7 Å². The van der Waals surface area contributed by atoms with Crippen LogP contribution in [0.15, 0.2) is 119 Å². The van der Waals surface area contributed by atoms with E-state index in [1.165, 1.54) is 10.8 Å². The van der Waals surface area contributed by atoms with Gasteiger partial charge in [-0.3, -0.25) is 0 Å². The maximum absolute atomic E-state index is 6.28. The van der Waals surface area contributed by atoms with Crippen LogP contribution in [0.3, 0.4) is 0 Å². The Morgan fingerprint density at radius 1 is 0.543 bits per heavy atom. The number of benzene rings is 6. The summed E-state index contributed by atoms with van der Waals surface area (Å²) in [7, 11) is 0. The van der Waals surface area contributed by atoms with E-state index < -0.39 is 0 Å². The minimum Gasteiger partial charge on any atom is -0.369 e. The molecule has 0 aliphatic rings. The number of nitrogens with one attached hydrogen (secondary N) is 1. The zero-order valence-electron chi connectivity index (χ0n) is 18.9. The van der Waals surface area contributed by atoms with Gasteiger partial charge in [0, 0.05) is 16.5 Å². The molecular formula is C30H23N5. The molecule has 0 radical (unpaired) electrons. The molecule has 5 nitrogen and oxygen atoms in total. The first-order valence-corrected chi connectivity index (χ1v) is 11.4. The molecule has 0 unspecified atom stereocenters. The number of hydrogen-bond acceptors (Lipinski definition) is 1. The lowest BCUT2D eigenvalue weighted by molar-refractivity contribution is 1.41. The molecule has 0 amide bonds. The van der Waals surface area contributed by atoms with Crippen LogP contribution in [0.4, 0.5) is 11.4 Å². The predicted octanol–water partition coefficient (Wildman–Crippen LogP) is 6.67. The summed E-state index contributed by atoms with van der Waals surface area (Å²) in [6.07, 6.45) is 0. The van der Waals surface area contributed by atoms with Gasteiger partial charge in [0.1, 0.15) is 0 Å². The van der Waals surface area contributed by atoms with Crippen LogP contribution in [0.5, 0.6) is 0 Å². The van der Waals surface area contributed by atoms with Crippen molar-refractivity contribution in [3.8, 4) is 0 Å². The average molecular weight is 454 g/mol. The van der Waals surface area contributed by atoms with Gasteiger partial charge in [-0.25, -0.2) is 4.99 Å². The molecule has 0 bridgehead atoms. The van der Waals surface area contributed by atoms with Crippen molar-refractivity contribution in [2.45, 2.75) is 0 Å². The highest BCUT2D eigenvalue weighted by atomic mass is 15.2. The van der Waals surface area contributed by atoms with Gasteiger partial charge in [-0.1, -0.05) is 97.1 Å². The lowest BCUT2D eigenvalue weighted by Gasteiger charge is -2.12. The van der Waals surface area contributed by atoms with E-state index in [1.54, 1.807) is 0 Å². The summed E-state index contributed by atoms with van der Waals surface area (Å²) in [4.78, 5) is 8.97. The Bertz CT molecular complexity index is 1800. The van der Waals surface area contributed by atoms with E-state index in [4.69, 9.17) is 11.5 Å². The van der Waals surface area contributed by atoms with E-state index in [9.17, 15) is 0 Å². The maximum Gasteiger partial charge on any atom is 0.223 e. The molecule has 0 saturated heterocycles. The summed E-state index contributed by atoms with van der Waals surface area (Å²) in [5, 5.41) is 12.1. The van der Waals surface area contributed by atoms with Crippen LogP contribution in [-0.4, -0.2) is 11.9 Å². The van der Waals surface area contributed by atoms with Crippen molar-refractivity contribution in [3.63, 3.8) is 0 Å². The van der Waals surface area contributed by atoms with Gasteiger partial charge in [-0.2, -0.15) is 4.99 Å². The molecule has 0 aliphatic carbocycles. The fraction of sp³-hybridized carbons (Fsp3) is 0. The number of nitrogens with two attached hydrogens (primary N) is 2. The highest BCUT2D eigenvalue weighted by molar-refractivity contribution is 6.16. The molecule has 0 spiro atoms. The number of anilines is 1. The summed E-state index contributed by atoms with van der Waals surface area (Å²) >= 11 is 0. The van der Waals surface area contributed by atoms with E-state index in [1.807, 2.05) is 60.7 Å². The van der Waals surface area contributed by atoms with Crippen molar-refractivity contribution >= 4 is 66.4 Å². The van der Waals surface area contributed by atoms with Gasteiger partial charge in [-0.05, 0) is 44.5 Å². The minimum absolute atomic E-state index is 0.0838. The van der Waals surface area contributed by atoms with Gasteiger partial charge in [0.15, 0.2) is 0 Å². The number of aliphatic imine (C=N–C) groups is 2. The number of nitrogens with zero attached hydrogens (tertiary/aromatic N) is 2. The van der Waals surface area contributed by atoms with Gasteiger partial charge in [0.05, 0.1) is 5.69 Å². The molecule has 168 valence electrons. The Kier molecular flexibility index (Phi) is 5.00. The van der Waals surface area contributed by atoms with E-state index in [-0.39, 0.29) is 11.9 Å². The van der Waals surface area contributed by atoms with Gasteiger partial charge in [0.2, 0.25) is 11.9 Å². The van der Waals surface area contributed by atoms with Gasteiger partial charge < -0.3 is 16.8 Å². The largest absolute Gasteiger partial charge is 0.369 e. The highest BCUT2D eigenvalue weighted by Gasteiger charge is 2.09. The van der Waals surface area contributed by atoms with Crippen LogP contribution >= 0.6 is 0 Å². The fourth-order valence-electron chi connectivity index (χ4n) is 4.72. The van der Waals surface area contributed by atoms with E-state index >= 15 is 0 Å². The molecular weight excluding hydrogens is 430 g/mol. The second kappa shape index (κ2) is 8.47. The second-order valence-electron chi connectivity index (χ2n) is 8.45. The molecule has 0 atom stereocenters. The molecule has 0 fully saturated rings. The van der Waals surface area contributed by atoms with Crippen LogP contribution in [0.1, 0.15) is 0 Å². The number of guanidine groups is 2. The molecule has 0 saturated carbocycles. The SMILES string of the molecule is NC(=Nc1cc2ccccc2c2ccccc12)N=C(N)Nc1cc2ccccc2c2ccccc12. The summed E-state index contributed by atoms with van der Waals surface area (Å²) in [6.45, 7) is 0. The second-order valence-corrected chi connectivity index (χ2v) is 8.45. The molecule has 6 aromatic carbocycles. The zero-order valence-corrected chi connectivity index (χ0v) is 18.9. The first kappa shape index (κ1) is 20.7. The Labute approximate surface area is 202 Å². The third-order valence-electron chi connectivity index (χ3n) is 6.25. The number of rotatable bonds is 2. The molecule has 0 aliphatic heterocycles. The molecule has 0 aromatic heterocycles. The third kappa shape index (κ3) is 3.79. The first-order chi connectivity index (χ1) is 17.2. The molecule has 5 N–H and O–H groups in total. The average Bonchev–Trinajstić information content (AvgIpc) is 2.89. The summed E-state index contributed by atoms with van der Waals surface area (Å²) < 4.78 is 0. The van der Waals surface area contributed by atoms with Gasteiger partial charge >= 0.3 is 0 Å². The summed E-state index contributed by atoms with van der Waals surface area (Å²) in [5.41, 5.74) is 14.1. The quantitative estimate of drug-likeness (QED) is 0.155. The van der Waals surface area contributed by atoms with Crippen LogP contribution in [0, 0.1) is 0 Å². The van der Waals surface area contributed by atoms with Crippen LogP contribution in [0.2, 0.25) is 0 Å². The normalized spacial score (nSPS) is 12.6. The standard InChI is InChI=1S/C30H23N5/c31-29(33-27-17-19-9-1-3-11-21(19)23-13-5-7-15-25(23)27)35-30(32)34-28-18-20-10-2-4-12-22(20)24-14-6-8-16-26(24)28/h1-18H,(H5,31,32,33,34,35). The van der Waals surface area contributed by atoms with Crippen molar-refractivity contribution in [2.24, 2.45) is 21.5 Å². The monoisotopic (exact) mass is 453 g/mol. The van der Waals surface area contributed by atoms with E-state index in [0.29, 0.717) is 0 Å². The lowest BCUT2D eigenvalue weighted by atomic mass is 10.0. The summed E-state index contributed by atoms with van der Waals surface area (Å²) in [5.74, 6) is 0.261. The van der Waals surface area contributed by atoms with Crippen molar-refractivity contribution in [1.82, 2.24) is 0 Å². The molecule has 35 heavy (non-hydrogen) atoms. The van der Waals surface area contributed by atoms with Gasteiger partial charge in [-0.15, -0.1) is 0 Å². The first-order valence-electron chi connectivity index (χ1n) is 11.4. The lowest BCUT2D eigenvalue weighted by Crippen LogP contribution is -2.26. The Morgan fingerprint density at radius 3 is 1.69 bits per heavy atom. The maximum atomic E-state index is 6.28. The summed E-state index contributed by atoms with van der Waals surface area (Å²) in [6, 6.07) is 37.0. The fourth-order valence-corrected chi connectivity index (χ4v) is 4.72. The van der Waals surface area contributed by atoms with Crippen LogP contribution in [0.25, 0.3) is 43.1 Å². The molecule has 6 aromatic rings. The van der Waals surface area contributed by atoms with Crippen molar-refractivity contribution < 1.29 is 0 Å². The van der Waals surface area contributed by atoms with Crippen molar-refractivity contribution in [1.29, 1.82) is 0 Å². The molecule has 6 rings (SSSR count). The topological polar surface area (TPSA) is 88.8 Å². The third-order valence-corrected chi connectivity index (χ3v) is 6.25. The zero-order chi connectivity index (χ0) is 23.8. The van der Waals surface area contributed by atoms with Gasteiger partial charge in [0.25, 0.3) is 0 Å². The molecule has 0 heterocycles. The van der Waals surface area contributed by atoms with Crippen molar-refractivity contribution in [3.05, 3.63) is 109 Å². The smallest absolute Gasteiger partial charge is 0.223 e. The Balaban J connectivity index is 1.40. The predicted molar refractivity (Wildman–Crippen MR) is 149 cm³/mol. The molecule has 5 heteroatoms. The minimum atomic E-state index is 0.0838. The van der Waals surface area contributed by atoms with E-state index in [2.05, 4.69) is 63.8 Å². The van der Waals surface area contributed by atoms with Crippen LogP contribution in [-0.2, 0) is 0 Å². The number of fused-ring (bicyclic) bond motifs is 6. The van der Waals surface area contributed by atoms with Crippen LogP contribution < -0.4 is 16.8 Å². The Morgan fingerprint density at radius 2 is 1.03 bits per heavy atom. The number of hydrogen-bond donors (Lipinski definition) is 3. The van der Waals surface area contributed by atoms with Crippen molar-refractivity contribution in [2.75, 3.05) is 5.32 Å². The Hall–Kier alpha value is -4.90.